The average Bonchev–Trinajstić information content (AvgIpc) is 2.78. The second-order valence-corrected chi connectivity index (χ2v) is 11.9. The monoisotopic (exact) mass is 665 g/mol. The Morgan fingerprint density at radius 2 is 1.33 bits per heavy atom. The van der Waals surface area contributed by atoms with E-state index in [1.807, 2.05) is 6.26 Å². The van der Waals surface area contributed by atoms with Crippen molar-refractivity contribution in [1.29, 1.82) is 0 Å². The molecule has 0 aliphatic heterocycles. The quantitative estimate of drug-likeness (QED) is 0.215. The summed E-state index contributed by atoms with van der Waals surface area (Å²) in [4.78, 5) is 0. The number of hydrogen-bond donors (Lipinski definition) is 0. The first-order valence-electron chi connectivity index (χ1n) is 10.2. The number of halogens is 2. The molecule has 0 N–H and O–H groups in total. The van der Waals surface area contributed by atoms with Gasteiger partial charge in [0.2, 0.25) is 0 Å². The van der Waals surface area contributed by atoms with Gasteiger partial charge in [0.15, 0.2) is 0 Å². The Bertz CT molecular complexity index is 737. The Morgan fingerprint density at radius 1 is 0.867 bits per heavy atom. The van der Waals surface area contributed by atoms with Crippen LogP contribution in [0.15, 0.2) is 85.0 Å². The van der Waals surface area contributed by atoms with E-state index >= 15 is 0 Å². The maximum Gasteiger partial charge on any atom is 0.0521 e. The van der Waals surface area contributed by atoms with Crippen molar-refractivity contribution < 1.29 is 0 Å². The summed E-state index contributed by atoms with van der Waals surface area (Å²) in [7, 11) is 3.50. The van der Waals surface area contributed by atoms with E-state index in [9.17, 15) is 0 Å². The molecule has 0 aromatic heterocycles. The fourth-order valence-corrected chi connectivity index (χ4v) is 5.22. The van der Waals surface area contributed by atoms with Crippen molar-refractivity contribution in [3.63, 3.8) is 0 Å². The molecule has 1 aliphatic carbocycles. The predicted octanol–water partition coefficient (Wildman–Crippen LogP) is 9.00. The largest absolute Gasteiger partial charge is 0.233 e. The zero-order chi connectivity index (χ0) is 22.4. The lowest BCUT2D eigenvalue weighted by atomic mass is 9.72. The normalized spacial score (nSPS) is 17.4. The van der Waals surface area contributed by atoms with Crippen molar-refractivity contribution in [3.05, 3.63) is 96.1 Å². The van der Waals surface area contributed by atoms with Crippen LogP contribution in [0.1, 0.15) is 31.4 Å². The molecule has 0 bridgehead atoms. The minimum atomic E-state index is 0.461. The zero-order valence-corrected chi connectivity index (χ0v) is 24.1. The molecule has 2 aromatic rings. The molecule has 1 saturated carbocycles. The minimum absolute atomic E-state index is 0.461. The molecule has 2 aromatic carbocycles. The van der Waals surface area contributed by atoms with Crippen LogP contribution < -0.4 is 0 Å². The van der Waals surface area contributed by atoms with Crippen molar-refractivity contribution in [3.8, 4) is 0 Å². The Kier molecular flexibility index (Phi) is 15.6. The summed E-state index contributed by atoms with van der Waals surface area (Å²) in [5, 5.41) is 0. The molecule has 0 unspecified atom stereocenters. The van der Waals surface area contributed by atoms with Gasteiger partial charge in [-0.1, -0.05) is 103 Å². The summed E-state index contributed by atoms with van der Waals surface area (Å²) in [6, 6.07) is 21.7. The van der Waals surface area contributed by atoms with Crippen LogP contribution in [0.2, 0.25) is 0 Å². The van der Waals surface area contributed by atoms with E-state index in [1.165, 1.54) is 35.1 Å². The molecule has 5 heteroatoms. The Labute approximate surface area is 216 Å². The smallest absolute Gasteiger partial charge is 0.0521 e. The van der Waals surface area contributed by atoms with Gasteiger partial charge in [0.25, 0.3) is 0 Å². The summed E-state index contributed by atoms with van der Waals surface area (Å²) in [6.07, 6.45) is 5.56. The summed E-state index contributed by atoms with van der Waals surface area (Å²) in [6.45, 7) is 13.7. The van der Waals surface area contributed by atoms with Crippen LogP contribution >= 0.6 is 60.5 Å². The summed E-state index contributed by atoms with van der Waals surface area (Å²) in [5.41, 5.74) is 5.26. The SMILES string of the molecule is C=C1C(=C)[C@@H](N(CCc2ccccc2)SI)[C@@H]1C.CCCc1ccccc1.CSI. The highest BCUT2D eigenvalue weighted by atomic mass is 127. The summed E-state index contributed by atoms with van der Waals surface area (Å²) < 4.78 is 2.43. The molecular weight excluding hydrogens is 632 g/mol. The molecule has 2 atom stereocenters. The topological polar surface area (TPSA) is 3.24 Å². The molecule has 0 heterocycles. The van der Waals surface area contributed by atoms with E-state index < -0.39 is 0 Å². The molecule has 0 radical (unpaired) electrons. The average molecular weight is 665 g/mol. The van der Waals surface area contributed by atoms with Gasteiger partial charge < -0.3 is 0 Å². The molecule has 1 fully saturated rings. The zero-order valence-electron chi connectivity index (χ0n) is 18.2. The van der Waals surface area contributed by atoms with Gasteiger partial charge in [-0.25, -0.2) is 4.31 Å². The fraction of sp³-hybridized carbons (Fsp3) is 0.360. The highest BCUT2D eigenvalue weighted by molar-refractivity contribution is 14.2. The number of nitrogens with zero attached hydrogens (tertiary/aromatic N) is 1. The maximum atomic E-state index is 4.14. The van der Waals surface area contributed by atoms with Crippen molar-refractivity contribution in [2.75, 3.05) is 12.8 Å². The Morgan fingerprint density at radius 3 is 1.73 bits per heavy atom. The standard InChI is InChI=1S/C15H18INS.C9H12.CH3IS/c1-11-12(2)15(13(11)3)17(18-16)10-9-14-7-5-4-6-8-14;1-2-6-9-7-4-3-5-8-9;1-3-2/h4-8,13,15H,1-2,9-10H2,3H3;3-5,7-8H,2,6H2,1H3;1H3/t13-,15-;;/m1../s1. The highest BCUT2D eigenvalue weighted by Gasteiger charge is 2.39. The van der Waals surface area contributed by atoms with E-state index in [4.69, 9.17) is 0 Å². The van der Waals surface area contributed by atoms with Crippen molar-refractivity contribution in [1.82, 2.24) is 4.31 Å². The minimum Gasteiger partial charge on any atom is -0.233 e. The molecule has 1 aliphatic rings. The van der Waals surface area contributed by atoms with Gasteiger partial charge in [-0.05, 0) is 71.7 Å². The van der Waals surface area contributed by atoms with Crippen LogP contribution in [0, 0.1) is 5.92 Å². The van der Waals surface area contributed by atoms with Crippen LogP contribution in [0.25, 0.3) is 0 Å². The third kappa shape index (κ3) is 9.67. The van der Waals surface area contributed by atoms with E-state index in [0.29, 0.717) is 12.0 Å². The van der Waals surface area contributed by atoms with Gasteiger partial charge >= 0.3 is 0 Å². The highest BCUT2D eigenvalue weighted by Crippen LogP contribution is 2.44. The van der Waals surface area contributed by atoms with Crippen LogP contribution in [0.5, 0.6) is 0 Å². The second kappa shape index (κ2) is 16.6. The van der Waals surface area contributed by atoms with E-state index in [0.717, 1.165) is 13.0 Å². The van der Waals surface area contributed by atoms with Crippen LogP contribution in [0.4, 0.5) is 0 Å². The molecule has 164 valence electrons. The first-order chi connectivity index (χ1) is 14.5. The molecule has 0 spiro atoms. The Hall–Kier alpha value is 0.0400. The number of rotatable bonds is 7. The second-order valence-electron chi connectivity index (χ2n) is 7.12. The van der Waals surface area contributed by atoms with E-state index in [-0.39, 0.29) is 0 Å². The van der Waals surface area contributed by atoms with Crippen LogP contribution in [-0.4, -0.2) is 23.1 Å². The third-order valence-corrected chi connectivity index (χ3v) is 7.14. The lowest BCUT2D eigenvalue weighted by molar-refractivity contribution is 0.293. The van der Waals surface area contributed by atoms with Crippen LogP contribution in [-0.2, 0) is 12.8 Å². The lowest BCUT2D eigenvalue weighted by Gasteiger charge is -2.45. The molecule has 30 heavy (non-hydrogen) atoms. The van der Waals surface area contributed by atoms with Gasteiger partial charge in [-0.15, -0.1) is 0 Å². The third-order valence-electron chi connectivity index (χ3n) is 5.04. The van der Waals surface area contributed by atoms with Gasteiger partial charge in [0, 0.05) is 33.7 Å². The summed E-state index contributed by atoms with van der Waals surface area (Å²) in [5.74, 6) is 0.538. The van der Waals surface area contributed by atoms with E-state index in [2.05, 4.69) is 134 Å². The van der Waals surface area contributed by atoms with Gasteiger partial charge in [-0.2, -0.15) is 0 Å². The first kappa shape index (κ1) is 28.1. The predicted molar refractivity (Wildman–Crippen MR) is 158 cm³/mol. The Balaban J connectivity index is 0.000000313. The van der Waals surface area contributed by atoms with Crippen molar-refractivity contribution in [2.24, 2.45) is 5.92 Å². The fourth-order valence-electron chi connectivity index (χ4n) is 3.34. The lowest BCUT2D eigenvalue weighted by Crippen LogP contribution is -2.46. The van der Waals surface area contributed by atoms with Crippen LogP contribution in [0.3, 0.4) is 0 Å². The maximum absolute atomic E-state index is 4.14. The molecule has 1 nitrogen and oxygen atoms in total. The molecule has 0 amide bonds. The number of benzene rings is 2. The number of aryl methyl sites for hydroxylation is 1. The van der Waals surface area contributed by atoms with Gasteiger partial charge in [0.05, 0.1) is 6.04 Å². The number of hydrogen-bond acceptors (Lipinski definition) is 3. The molecule has 3 rings (SSSR count). The summed E-state index contributed by atoms with van der Waals surface area (Å²) >= 11 is 4.57. The van der Waals surface area contributed by atoms with Crippen molar-refractivity contribution in [2.45, 2.75) is 39.2 Å². The van der Waals surface area contributed by atoms with Crippen molar-refractivity contribution >= 4 is 60.5 Å². The first-order valence-corrected chi connectivity index (χ1v) is 17.2. The molecular formula is C25H33I2NS2. The molecule has 0 saturated heterocycles. The van der Waals surface area contributed by atoms with E-state index in [1.54, 1.807) is 18.1 Å². The van der Waals surface area contributed by atoms with Gasteiger partial charge in [-0.3, -0.25) is 0 Å². The van der Waals surface area contributed by atoms with Gasteiger partial charge in [0.1, 0.15) is 0 Å².